The number of hydrogen-bond donors (Lipinski definition) is 2. The first kappa shape index (κ1) is 17.2. The predicted molar refractivity (Wildman–Crippen MR) is 81.6 cm³/mol. The van der Waals surface area contributed by atoms with Gasteiger partial charge in [-0.2, -0.15) is 0 Å². The summed E-state index contributed by atoms with van der Waals surface area (Å²) in [5, 5.41) is 19.2. The molecule has 112 valence electrons. The standard InChI is InChI=1S/C13H29BO4Si/c1-9-10(18-19(5,6)12(2,3)4)11(14)17-13(9,7-15)8-16/h9-11,15-16H,7-8,14H2,1-6H3/t9-,10+,11+/m0/s1. The lowest BCUT2D eigenvalue weighted by Crippen LogP contribution is -2.49. The van der Waals surface area contributed by atoms with E-state index in [1.54, 1.807) is 0 Å². The van der Waals surface area contributed by atoms with Crippen molar-refractivity contribution in [2.24, 2.45) is 5.92 Å². The minimum atomic E-state index is -1.88. The number of ether oxygens (including phenoxy) is 1. The van der Waals surface area contributed by atoms with Crippen LogP contribution in [0.1, 0.15) is 27.7 Å². The van der Waals surface area contributed by atoms with Crippen molar-refractivity contribution in [3.05, 3.63) is 0 Å². The molecule has 0 aromatic carbocycles. The molecule has 1 fully saturated rings. The average Bonchev–Trinajstić information content (AvgIpc) is 2.52. The second-order valence-electron chi connectivity index (χ2n) is 7.34. The van der Waals surface area contributed by atoms with E-state index in [4.69, 9.17) is 9.16 Å². The lowest BCUT2D eigenvalue weighted by Gasteiger charge is -2.40. The fourth-order valence-corrected chi connectivity index (χ4v) is 3.81. The van der Waals surface area contributed by atoms with Crippen LogP contribution in [0.4, 0.5) is 0 Å². The highest BCUT2D eigenvalue weighted by Gasteiger charge is 2.53. The van der Waals surface area contributed by atoms with E-state index in [1.165, 1.54) is 0 Å². The molecule has 0 spiro atoms. The molecule has 0 bridgehead atoms. The molecule has 0 aliphatic carbocycles. The Bertz CT molecular complexity index is 312. The average molecular weight is 288 g/mol. The fourth-order valence-electron chi connectivity index (χ4n) is 2.38. The van der Waals surface area contributed by atoms with Gasteiger partial charge in [0.15, 0.2) is 8.32 Å². The Morgan fingerprint density at radius 2 is 1.74 bits per heavy atom. The highest BCUT2D eigenvalue weighted by molar-refractivity contribution is 6.74. The van der Waals surface area contributed by atoms with E-state index in [9.17, 15) is 10.2 Å². The van der Waals surface area contributed by atoms with Crippen molar-refractivity contribution in [3.8, 4) is 0 Å². The molecule has 0 aromatic heterocycles. The van der Waals surface area contributed by atoms with E-state index in [1.807, 2.05) is 14.8 Å². The van der Waals surface area contributed by atoms with E-state index in [-0.39, 0.29) is 36.3 Å². The first-order chi connectivity index (χ1) is 8.50. The van der Waals surface area contributed by atoms with Crippen LogP contribution in [0.15, 0.2) is 0 Å². The molecule has 2 N–H and O–H groups in total. The molecule has 1 aliphatic heterocycles. The Morgan fingerprint density at radius 1 is 1.26 bits per heavy atom. The van der Waals surface area contributed by atoms with Crippen LogP contribution < -0.4 is 0 Å². The van der Waals surface area contributed by atoms with Gasteiger partial charge >= 0.3 is 0 Å². The molecule has 1 heterocycles. The van der Waals surface area contributed by atoms with Gasteiger partial charge < -0.3 is 19.4 Å². The maximum Gasteiger partial charge on any atom is 0.192 e. The first-order valence-electron chi connectivity index (χ1n) is 7.08. The molecule has 0 aromatic rings. The van der Waals surface area contributed by atoms with Gasteiger partial charge in [0.05, 0.1) is 19.3 Å². The summed E-state index contributed by atoms with van der Waals surface area (Å²) in [5.41, 5.74) is -0.869. The molecule has 4 nitrogen and oxygen atoms in total. The van der Waals surface area contributed by atoms with Crippen molar-refractivity contribution >= 4 is 16.2 Å². The van der Waals surface area contributed by atoms with E-state index < -0.39 is 13.9 Å². The molecule has 0 amide bonds. The van der Waals surface area contributed by atoms with E-state index in [0.29, 0.717) is 0 Å². The van der Waals surface area contributed by atoms with Gasteiger partial charge in [0.25, 0.3) is 0 Å². The summed E-state index contributed by atoms with van der Waals surface area (Å²) < 4.78 is 12.3. The lowest BCUT2D eigenvalue weighted by atomic mass is 9.83. The van der Waals surface area contributed by atoms with Gasteiger partial charge in [-0.1, -0.05) is 27.7 Å². The molecule has 0 saturated carbocycles. The number of aliphatic hydroxyl groups excluding tert-OH is 2. The lowest BCUT2D eigenvalue weighted by molar-refractivity contribution is -0.0991. The summed E-state index contributed by atoms with van der Waals surface area (Å²) in [6, 6.07) is -0.108. The van der Waals surface area contributed by atoms with E-state index in [0.717, 1.165) is 0 Å². The fraction of sp³-hybridized carbons (Fsp3) is 1.00. The smallest absolute Gasteiger partial charge is 0.192 e. The van der Waals surface area contributed by atoms with Crippen LogP contribution >= 0.6 is 0 Å². The topological polar surface area (TPSA) is 58.9 Å². The van der Waals surface area contributed by atoms with Crippen molar-refractivity contribution in [1.82, 2.24) is 0 Å². The van der Waals surface area contributed by atoms with Crippen LogP contribution in [-0.2, 0) is 9.16 Å². The van der Waals surface area contributed by atoms with Crippen LogP contribution in [-0.4, -0.2) is 57.3 Å². The minimum Gasteiger partial charge on any atom is -0.412 e. The Kier molecular flexibility index (Phi) is 4.96. The summed E-state index contributed by atoms with van der Waals surface area (Å²) in [7, 11) is 0.0749. The van der Waals surface area contributed by atoms with Crippen LogP contribution in [0.3, 0.4) is 0 Å². The maximum absolute atomic E-state index is 9.55. The minimum absolute atomic E-state index is 0.0216. The van der Waals surface area contributed by atoms with Crippen molar-refractivity contribution in [2.45, 2.75) is 63.5 Å². The zero-order valence-corrected chi connectivity index (χ0v) is 14.4. The Morgan fingerprint density at radius 3 is 2.05 bits per heavy atom. The molecule has 3 atom stereocenters. The third-order valence-corrected chi connectivity index (χ3v) is 9.45. The highest BCUT2D eigenvalue weighted by atomic mass is 28.4. The third-order valence-electron chi connectivity index (χ3n) is 4.98. The second kappa shape index (κ2) is 5.48. The van der Waals surface area contributed by atoms with E-state index in [2.05, 4.69) is 33.9 Å². The zero-order chi connectivity index (χ0) is 15.1. The summed E-state index contributed by atoms with van der Waals surface area (Å²) in [5.74, 6) is -0.0216. The van der Waals surface area contributed by atoms with Crippen molar-refractivity contribution < 1.29 is 19.4 Å². The monoisotopic (exact) mass is 288 g/mol. The van der Waals surface area contributed by atoms with Gasteiger partial charge in [0, 0.05) is 11.9 Å². The summed E-state index contributed by atoms with van der Waals surface area (Å²) >= 11 is 0. The van der Waals surface area contributed by atoms with Crippen molar-refractivity contribution in [3.63, 3.8) is 0 Å². The van der Waals surface area contributed by atoms with Crippen LogP contribution in [0, 0.1) is 5.92 Å². The molecule has 1 aliphatic rings. The van der Waals surface area contributed by atoms with Crippen LogP contribution in [0.5, 0.6) is 0 Å². The van der Waals surface area contributed by atoms with Gasteiger partial charge in [0.2, 0.25) is 0 Å². The molecule has 1 rings (SSSR count). The van der Waals surface area contributed by atoms with Gasteiger partial charge in [-0.3, -0.25) is 0 Å². The Labute approximate surface area is 119 Å². The largest absolute Gasteiger partial charge is 0.412 e. The highest BCUT2D eigenvalue weighted by Crippen LogP contribution is 2.43. The van der Waals surface area contributed by atoms with Gasteiger partial charge in [-0.05, 0) is 18.1 Å². The van der Waals surface area contributed by atoms with Gasteiger partial charge in [-0.25, -0.2) is 0 Å². The quantitative estimate of drug-likeness (QED) is 0.749. The Balaban J connectivity index is 2.91. The van der Waals surface area contributed by atoms with Crippen molar-refractivity contribution in [1.29, 1.82) is 0 Å². The number of aliphatic hydroxyl groups is 2. The molecule has 1 saturated heterocycles. The normalized spacial score (nSPS) is 31.7. The van der Waals surface area contributed by atoms with Gasteiger partial charge in [0.1, 0.15) is 13.4 Å². The first-order valence-corrected chi connectivity index (χ1v) is 9.99. The molecular weight excluding hydrogens is 259 g/mol. The van der Waals surface area contributed by atoms with Crippen LogP contribution in [0.25, 0.3) is 0 Å². The SMILES string of the molecule is B[C@@H]1OC(CO)(CO)[C@@H](C)[C@H]1O[Si](C)(C)C(C)(C)C. The van der Waals surface area contributed by atoms with E-state index >= 15 is 0 Å². The Hall–Kier alpha value is 0.122. The molecular formula is C13H29BO4Si. The predicted octanol–water partition coefficient (Wildman–Crippen LogP) is 0.726. The van der Waals surface area contributed by atoms with Gasteiger partial charge in [-0.15, -0.1) is 0 Å². The maximum atomic E-state index is 9.55. The second-order valence-corrected chi connectivity index (χ2v) is 12.1. The summed E-state index contributed by atoms with van der Waals surface area (Å²) in [6.07, 6.45) is -0.0693. The molecule has 0 radical (unpaired) electrons. The zero-order valence-electron chi connectivity index (χ0n) is 13.4. The molecule has 6 heteroatoms. The summed E-state index contributed by atoms with van der Waals surface area (Å²) in [4.78, 5) is 0. The molecule has 0 unspecified atom stereocenters. The van der Waals surface area contributed by atoms with Crippen molar-refractivity contribution in [2.75, 3.05) is 13.2 Å². The number of hydrogen-bond acceptors (Lipinski definition) is 4. The van der Waals surface area contributed by atoms with Crippen LogP contribution in [0.2, 0.25) is 18.1 Å². The number of rotatable bonds is 4. The molecule has 19 heavy (non-hydrogen) atoms. The summed E-state index contributed by atoms with van der Waals surface area (Å²) in [6.45, 7) is 12.7. The third kappa shape index (κ3) is 3.08.